The third kappa shape index (κ3) is 1.96. The molecule has 0 aromatic carbocycles. The van der Waals surface area contributed by atoms with E-state index in [9.17, 15) is 4.79 Å². The van der Waals surface area contributed by atoms with Crippen molar-refractivity contribution in [1.82, 2.24) is 4.98 Å². The van der Waals surface area contributed by atoms with E-state index in [0.717, 1.165) is 17.0 Å². The van der Waals surface area contributed by atoms with Gasteiger partial charge in [-0.15, -0.1) is 0 Å². The number of carboxylic acids is 1. The number of carboxylic acid groups (broad SMARTS) is 1. The second-order valence-corrected chi connectivity index (χ2v) is 3.56. The van der Waals surface area contributed by atoms with E-state index in [-0.39, 0.29) is 5.69 Å². The van der Waals surface area contributed by atoms with E-state index >= 15 is 0 Å². The number of fused-ring (bicyclic) bond motifs is 1. The van der Waals surface area contributed by atoms with E-state index in [2.05, 4.69) is 4.98 Å². The average Bonchev–Trinajstić information content (AvgIpc) is 2.40. The van der Waals surface area contributed by atoms with Crippen molar-refractivity contribution < 1.29 is 9.90 Å². The number of aromatic carboxylic acids is 1. The van der Waals surface area contributed by atoms with E-state index in [1.807, 2.05) is 25.2 Å². The minimum absolute atomic E-state index is 0.0953. The highest BCUT2D eigenvalue weighted by atomic mass is 16.4. The van der Waals surface area contributed by atoms with Gasteiger partial charge in [0.2, 0.25) is 0 Å². The number of hydrogen-bond donors (Lipinski definition) is 1. The van der Waals surface area contributed by atoms with Gasteiger partial charge >= 0.3 is 5.97 Å². The van der Waals surface area contributed by atoms with Crippen LogP contribution < -0.4 is 10.6 Å². The lowest BCUT2D eigenvalue weighted by Crippen LogP contribution is -2.29. The van der Waals surface area contributed by atoms with Gasteiger partial charge in [-0.05, 0) is 24.6 Å². The van der Waals surface area contributed by atoms with Crippen molar-refractivity contribution in [1.29, 1.82) is 0 Å². The van der Waals surface area contributed by atoms with Gasteiger partial charge < -0.3 is 5.11 Å². The Hall–Kier alpha value is -1.90. The van der Waals surface area contributed by atoms with E-state index in [1.165, 1.54) is 11.6 Å². The standard InChI is InChI=1S/C12H11NO2/c1-8-2-4-9-5-7-11(12(14)15)13-10(9)6-3-8/h2,4-7H,3H2,1H3,(H,14,15). The third-order valence-electron chi connectivity index (χ3n) is 2.34. The highest BCUT2D eigenvalue weighted by molar-refractivity contribution is 5.85. The van der Waals surface area contributed by atoms with Crippen LogP contribution in [0.1, 0.15) is 23.8 Å². The number of hydrogen-bond acceptors (Lipinski definition) is 2. The molecule has 0 spiro atoms. The Labute approximate surface area is 87.1 Å². The van der Waals surface area contributed by atoms with Crippen LogP contribution in [0, 0.1) is 0 Å². The molecule has 0 unspecified atom stereocenters. The molecule has 0 radical (unpaired) electrons. The Bertz CT molecular complexity index is 555. The minimum atomic E-state index is -0.986. The van der Waals surface area contributed by atoms with Gasteiger partial charge in [-0.2, -0.15) is 0 Å². The van der Waals surface area contributed by atoms with E-state index in [1.54, 1.807) is 6.07 Å². The van der Waals surface area contributed by atoms with Crippen LogP contribution in [0.5, 0.6) is 0 Å². The van der Waals surface area contributed by atoms with Crippen molar-refractivity contribution in [3.8, 4) is 0 Å². The van der Waals surface area contributed by atoms with Crippen molar-refractivity contribution in [3.63, 3.8) is 0 Å². The zero-order valence-electron chi connectivity index (χ0n) is 8.40. The summed E-state index contributed by atoms with van der Waals surface area (Å²) < 4.78 is 0. The molecule has 0 amide bonds. The summed E-state index contributed by atoms with van der Waals surface area (Å²) in [4.78, 5) is 14.8. The normalized spacial score (nSPS) is 14.1. The molecule has 1 aromatic rings. The number of rotatable bonds is 1. The van der Waals surface area contributed by atoms with Crippen molar-refractivity contribution in [3.05, 3.63) is 40.0 Å². The maximum Gasteiger partial charge on any atom is 0.354 e. The van der Waals surface area contributed by atoms with Crippen LogP contribution >= 0.6 is 0 Å². The number of allylic oxidation sites excluding steroid dienone is 2. The van der Waals surface area contributed by atoms with Crippen LogP contribution in [0.2, 0.25) is 0 Å². The molecule has 0 saturated carbocycles. The summed E-state index contributed by atoms with van der Waals surface area (Å²) in [6.07, 6.45) is 6.77. The second-order valence-electron chi connectivity index (χ2n) is 3.56. The van der Waals surface area contributed by atoms with Gasteiger partial charge in [0.1, 0.15) is 5.69 Å². The predicted octanol–water partition coefficient (Wildman–Crippen LogP) is 0.691. The molecular formula is C12H11NO2. The minimum Gasteiger partial charge on any atom is -0.477 e. The summed E-state index contributed by atoms with van der Waals surface area (Å²) >= 11 is 0. The molecule has 3 heteroatoms. The van der Waals surface area contributed by atoms with Gasteiger partial charge in [0.25, 0.3) is 0 Å². The summed E-state index contributed by atoms with van der Waals surface area (Å²) in [6, 6.07) is 3.32. The summed E-state index contributed by atoms with van der Waals surface area (Å²) in [5, 5.41) is 10.5. The van der Waals surface area contributed by atoms with Gasteiger partial charge in [0.15, 0.2) is 0 Å². The first-order valence-corrected chi connectivity index (χ1v) is 4.75. The highest BCUT2D eigenvalue weighted by Gasteiger charge is 2.03. The number of aromatic nitrogens is 1. The Morgan fingerprint density at radius 3 is 2.93 bits per heavy atom. The zero-order valence-corrected chi connectivity index (χ0v) is 8.40. The maximum absolute atomic E-state index is 10.7. The molecule has 1 heterocycles. The monoisotopic (exact) mass is 201 g/mol. The lowest BCUT2D eigenvalue weighted by Gasteiger charge is -1.93. The quantitative estimate of drug-likeness (QED) is 0.727. The largest absolute Gasteiger partial charge is 0.477 e. The maximum atomic E-state index is 10.7. The first kappa shape index (κ1) is 9.65. The molecule has 0 aliphatic heterocycles. The van der Waals surface area contributed by atoms with Crippen LogP contribution in [0.15, 0.2) is 23.8 Å². The van der Waals surface area contributed by atoms with Crippen molar-refractivity contribution in [2.45, 2.75) is 13.3 Å². The van der Waals surface area contributed by atoms with E-state index < -0.39 is 5.97 Å². The van der Waals surface area contributed by atoms with Crippen LogP contribution in [0.3, 0.4) is 0 Å². The first-order valence-electron chi connectivity index (χ1n) is 4.75. The van der Waals surface area contributed by atoms with E-state index in [4.69, 9.17) is 5.11 Å². The SMILES string of the molecule is CC1=CC=c2ccc(C(=O)O)nc2=CC1. The lowest BCUT2D eigenvalue weighted by atomic mass is 10.2. The topological polar surface area (TPSA) is 50.2 Å². The van der Waals surface area contributed by atoms with Crippen LogP contribution in [-0.4, -0.2) is 16.1 Å². The Kier molecular flexibility index (Phi) is 2.37. The molecule has 3 nitrogen and oxygen atoms in total. The molecule has 15 heavy (non-hydrogen) atoms. The van der Waals surface area contributed by atoms with Crippen molar-refractivity contribution in [2.24, 2.45) is 0 Å². The summed E-state index contributed by atoms with van der Waals surface area (Å²) in [6.45, 7) is 2.04. The van der Waals surface area contributed by atoms with E-state index in [0.29, 0.717) is 0 Å². The summed E-state index contributed by atoms with van der Waals surface area (Å²) in [5.74, 6) is -0.986. The Balaban J connectivity index is 2.64. The van der Waals surface area contributed by atoms with Gasteiger partial charge in [-0.25, -0.2) is 9.78 Å². The number of carbonyl (C=O) groups is 1. The molecule has 0 bridgehead atoms. The summed E-state index contributed by atoms with van der Waals surface area (Å²) in [5.41, 5.74) is 1.34. The smallest absolute Gasteiger partial charge is 0.354 e. The third-order valence-corrected chi connectivity index (χ3v) is 2.34. The fourth-order valence-corrected chi connectivity index (χ4v) is 1.47. The van der Waals surface area contributed by atoms with Crippen LogP contribution in [0.4, 0.5) is 0 Å². The van der Waals surface area contributed by atoms with Gasteiger partial charge in [-0.1, -0.05) is 29.9 Å². The first-order chi connectivity index (χ1) is 7.16. The Morgan fingerprint density at radius 1 is 1.40 bits per heavy atom. The lowest BCUT2D eigenvalue weighted by molar-refractivity contribution is 0.0690. The molecule has 76 valence electrons. The average molecular weight is 201 g/mol. The predicted molar refractivity (Wildman–Crippen MR) is 57.8 cm³/mol. The summed E-state index contributed by atoms with van der Waals surface area (Å²) in [7, 11) is 0. The van der Waals surface area contributed by atoms with Gasteiger partial charge in [0, 0.05) is 0 Å². The van der Waals surface area contributed by atoms with Crippen LogP contribution in [0.25, 0.3) is 12.2 Å². The molecule has 0 fully saturated rings. The van der Waals surface area contributed by atoms with Crippen LogP contribution in [-0.2, 0) is 0 Å². The van der Waals surface area contributed by atoms with Gasteiger partial charge in [0.05, 0.1) is 5.35 Å². The molecule has 1 aliphatic carbocycles. The van der Waals surface area contributed by atoms with Crippen molar-refractivity contribution in [2.75, 3.05) is 0 Å². The molecule has 2 rings (SSSR count). The fourth-order valence-electron chi connectivity index (χ4n) is 1.47. The molecule has 0 atom stereocenters. The Morgan fingerprint density at radius 2 is 2.20 bits per heavy atom. The zero-order chi connectivity index (χ0) is 10.8. The van der Waals surface area contributed by atoms with Crippen molar-refractivity contribution >= 4 is 18.1 Å². The second kappa shape index (κ2) is 3.69. The fraction of sp³-hybridized carbons (Fsp3) is 0.167. The molecule has 0 saturated heterocycles. The molecule has 1 N–H and O–H groups in total. The number of nitrogens with zero attached hydrogens (tertiary/aromatic N) is 1. The molecule has 1 aliphatic rings. The number of pyridine rings is 1. The van der Waals surface area contributed by atoms with Gasteiger partial charge in [-0.3, -0.25) is 0 Å². The highest BCUT2D eigenvalue weighted by Crippen LogP contribution is 2.01. The molecule has 1 aromatic heterocycles. The molecular weight excluding hydrogens is 190 g/mol.